The lowest BCUT2D eigenvalue weighted by Gasteiger charge is -2.34. The molecule has 0 radical (unpaired) electrons. The molecule has 0 aromatic heterocycles. The van der Waals surface area contributed by atoms with Crippen molar-refractivity contribution < 1.29 is 55.6 Å². The van der Waals surface area contributed by atoms with Crippen LogP contribution < -0.4 is 9.84 Å². The Morgan fingerprint density at radius 3 is 2.52 bits per heavy atom. The van der Waals surface area contributed by atoms with E-state index in [-0.39, 0.29) is 17.6 Å². The second-order valence-corrected chi connectivity index (χ2v) is 13.1. The van der Waals surface area contributed by atoms with Gasteiger partial charge in [-0.25, -0.2) is 13.3 Å². The number of carbonyl (C=O) groups is 2. The van der Waals surface area contributed by atoms with Crippen molar-refractivity contribution in [1.29, 1.82) is 0 Å². The topological polar surface area (TPSA) is 144 Å². The van der Waals surface area contributed by atoms with Crippen molar-refractivity contribution in [3.8, 4) is 5.75 Å². The Hall–Kier alpha value is -2.67. The molecule has 3 aliphatic rings. The van der Waals surface area contributed by atoms with Gasteiger partial charge in [-0.05, 0) is 22.5 Å². The standard InChI is InChI=1S/C26H33F2N2O9P/c1-13-29-22(34)14(10-31)9-30(13)23-19(32)21(33)26(28,38-23)12-37-40(35)36-11-15-18(27)16(24(2,3)4)8-17(20(15)39-40)25(5,6)7/h8-10,19,21,23,32-33H,1,11-12H2,2-7H3,(H,29,34)/t19-,21+,23-,26-,40?/m1/s1/i12D2,23D. The number of alkyl halides is 1. The van der Waals surface area contributed by atoms with E-state index in [0.29, 0.717) is 22.2 Å². The van der Waals surface area contributed by atoms with Crippen LogP contribution in [0.1, 0.15) is 62.3 Å². The average molecular weight is 590 g/mol. The highest BCUT2D eigenvalue weighted by atomic mass is 31.2. The van der Waals surface area contributed by atoms with Gasteiger partial charge in [0.15, 0.2) is 12.5 Å². The summed E-state index contributed by atoms with van der Waals surface area (Å²) in [7, 11) is -5.15. The number of phosphoric acid groups is 1. The summed E-state index contributed by atoms with van der Waals surface area (Å²) in [5.41, 5.74) is -1.41. The quantitative estimate of drug-likeness (QED) is 0.266. The second-order valence-electron chi connectivity index (χ2n) is 11.5. The third kappa shape index (κ3) is 5.34. The van der Waals surface area contributed by atoms with E-state index < -0.39 is 79.2 Å². The minimum absolute atomic E-state index is 0.0847. The molecule has 1 saturated heterocycles. The Bertz CT molecular complexity index is 1480. The molecule has 14 heteroatoms. The number of amides is 1. The number of halogens is 2. The molecule has 1 aromatic rings. The minimum Gasteiger partial charge on any atom is -0.403 e. The zero-order valence-corrected chi connectivity index (χ0v) is 23.6. The van der Waals surface area contributed by atoms with Crippen LogP contribution in [0.2, 0.25) is 0 Å². The van der Waals surface area contributed by atoms with Gasteiger partial charge in [-0.15, -0.1) is 0 Å². The molecule has 0 aliphatic carbocycles. The minimum atomic E-state index is -5.15. The van der Waals surface area contributed by atoms with E-state index in [9.17, 15) is 24.4 Å². The van der Waals surface area contributed by atoms with Gasteiger partial charge in [-0.2, -0.15) is 0 Å². The van der Waals surface area contributed by atoms with Crippen molar-refractivity contribution in [1.82, 2.24) is 10.2 Å². The largest absolute Gasteiger partial charge is 0.530 e. The fourth-order valence-electron chi connectivity index (χ4n) is 4.18. The first-order valence-electron chi connectivity index (χ1n) is 13.6. The Morgan fingerprint density at radius 2 is 1.95 bits per heavy atom. The van der Waals surface area contributed by atoms with Gasteiger partial charge in [0, 0.05) is 11.8 Å². The van der Waals surface area contributed by atoms with Crippen molar-refractivity contribution in [2.75, 3.05) is 6.56 Å². The predicted octanol–water partition coefficient (Wildman–Crippen LogP) is 3.18. The van der Waals surface area contributed by atoms with E-state index in [1.54, 1.807) is 41.5 Å². The van der Waals surface area contributed by atoms with Crippen molar-refractivity contribution in [2.24, 2.45) is 0 Å². The van der Waals surface area contributed by atoms with Crippen LogP contribution in [0.3, 0.4) is 0 Å². The first kappa shape index (κ1) is 26.2. The summed E-state index contributed by atoms with van der Waals surface area (Å²) in [4.78, 5) is 23.6. The Labute approximate surface area is 234 Å². The van der Waals surface area contributed by atoms with Crippen molar-refractivity contribution >= 4 is 20.0 Å². The third-order valence-electron chi connectivity index (χ3n) is 6.42. The average Bonchev–Trinajstić information content (AvgIpc) is 3.03. The maximum Gasteiger partial charge on any atom is 0.530 e. The highest BCUT2D eigenvalue weighted by Gasteiger charge is 2.59. The van der Waals surface area contributed by atoms with E-state index in [0.717, 1.165) is 0 Å². The molecule has 0 spiro atoms. The molecule has 3 N–H and O–H groups in total. The fraction of sp³-hybridized carbons (Fsp3) is 0.538. The predicted molar refractivity (Wildman–Crippen MR) is 137 cm³/mol. The molecule has 40 heavy (non-hydrogen) atoms. The zero-order valence-electron chi connectivity index (χ0n) is 25.7. The lowest BCUT2D eigenvalue weighted by atomic mass is 9.78. The van der Waals surface area contributed by atoms with Crippen molar-refractivity contribution in [3.05, 3.63) is 52.7 Å². The number of benzene rings is 1. The molecule has 1 aromatic carbocycles. The Kier molecular flexibility index (Phi) is 6.56. The molecule has 220 valence electrons. The Morgan fingerprint density at radius 1 is 1.32 bits per heavy atom. The van der Waals surface area contributed by atoms with Gasteiger partial charge < -0.3 is 29.7 Å². The van der Waals surface area contributed by atoms with Gasteiger partial charge in [-0.1, -0.05) is 48.1 Å². The molecule has 0 saturated carbocycles. The smallest absolute Gasteiger partial charge is 0.403 e. The molecule has 3 aliphatic heterocycles. The number of hydrogen-bond donors (Lipinski definition) is 3. The van der Waals surface area contributed by atoms with Crippen LogP contribution in [-0.2, 0) is 45.4 Å². The van der Waals surface area contributed by atoms with Gasteiger partial charge in [-0.3, -0.25) is 18.6 Å². The van der Waals surface area contributed by atoms with Gasteiger partial charge in [0.2, 0.25) is 0 Å². The summed E-state index contributed by atoms with van der Waals surface area (Å²) in [6.07, 6.45) is -7.83. The maximum atomic E-state index is 16.3. The summed E-state index contributed by atoms with van der Waals surface area (Å²) in [6.45, 7) is 9.42. The monoisotopic (exact) mass is 589 g/mol. The maximum absolute atomic E-state index is 16.3. The summed E-state index contributed by atoms with van der Waals surface area (Å²) in [5, 5.41) is 23.3. The summed E-state index contributed by atoms with van der Waals surface area (Å²) in [5.74, 6) is -6.53. The number of aliphatic hydroxyl groups excluding tert-OH is 2. The van der Waals surface area contributed by atoms with Crippen LogP contribution >= 0.6 is 7.82 Å². The SMILES string of the molecule is [2H]C([2H])(OP1(=O)OCc2c(F)c(C(C)(C)C)cc(C(C)(C)C)c2O1)[C@@]1(F)O[C@@]([2H])(N2C=C(C=O)C(=O)NC2=C)[C@H](O)[C@@H]1O. The normalized spacial score (nSPS) is 34.2. The Balaban J connectivity index is 1.71. The third-order valence-corrected chi connectivity index (χ3v) is 7.59. The number of ether oxygens (including phenoxy) is 1. The number of nitrogens with one attached hydrogen (secondary N) is 1. The van der Waals surface area contributed by atoms with Crippen LogP contribution in [0, 0.1) is 5.82 Å². The second kappa shape index (κ2) is 10.0. The highest BCUT2D eigenvalue weighted by Crippen LogP contribution is 2.58. The summed E-state index contributed by atoms with van der Waals surface area (Å²) in [6, 6.07) is 1.52. The van der Waals surface area contributed by atoms with E-state index in [4.69, 9.17) is 22.4 Å². The van der Waals surface area contributed by atoms with Crippen molar-refractivity contribution in [2.45, 2.75) is 83.2 Å². The molecular formula is C26H33F2N2O9P. The van der Waals surface area contributed by atoms with Crippen LogP contribution in [0.4, 0.5) is 8.78 Å². The van der Waals surface area contributed by atoms with Crippen LogP contribution in [-0.4, -0.2) is 58.1 Å². The van der Waals surface area contributed by atoms with Crippen molar-refractivity contribution in [3.63, 3.8) is 0 Å². The van der Waals surface area contributed by atoms with Crippen LogP contribution in [0.25, 0.3) is 0 Å². The van der Waals surface area contributed by atoms with Crippen LogP contribution in [0.5, 0.6) is 5.75 Å². The van der Waals surface area contributed by atoms with E-state index in [2.05, 4.69) is 11.9 Å². The van der Waals surface area contributed by atoms with Gasteiger partial charge in [0.1, 0.15) is 36.2 Å². The molecule has 4 rings (SSSR count). The number of aldehydes is 1. The number of aliphatic hydroxyl groups is 2. The first-order valence-corrected chi connectivity index (χ1v) is 13.6. The molecular weight excluding hydrogens is 553 g/mol. The summed E-state index contributed by atoms with van der Waals surface area (Å²) >= 11 is 0. The van der Waals surface area contributed by atoms with E-state index in [1.165, 1.54) is 6.07 Å². The lowest BCUT2D eigenvalue weighted by molar-refractivity contribution is -0.208. The van der Waals surface area contributed by atoms with Crippen LogP contribution in [0.15, 0.2) is 30.2 Å². The molecule has 1 amide bonds. The number of fused-ring (bicyclic) bond motifs is 1. The van der Waals surface area contributed by atoms with Gasteiger partial charge in [0.25, 0.3) is 11.8 Å². The molecule has 5 atom stereocenters. The lowest BCUT2D eigenvalue weighted by Crippen LogP contribution is -2.48. The van der Waals surface area contributed by atoms with Gasteiger partial charge >= 0.3 is 7.82 Å². The van der Waals surface area contributed by atoms with E-state index in [1.807, 2.05) is 0 Å². The highest BCUT2D eigenvalue weighted by molar-refractivity contribution is 7.49. The molecule has 0 bridgehead atoms. The summed E-state index contributed by atoms with van der Waals surface area (Å²) < 4.78 is 91.1. The zero-order chi connectivity index (χ0) is 32.7. The molecule has 1 fully saturated rings. The fourth-order valence-corrected chi connectivity index (χ4v) is 5.28. The number of rotatable bonds is 5. The number of hydrogen-bond acceptors (Lipinski definition) is 10. The first-order chi connectivity index (χ1) is 19.4. The van der Waals surface area contributed by atoms with Gasteiger partial charge in [0.05, 0.1) is 21.9 Å². The number of phosphoric ester groups is 1. The molecule has 1 unspecified atom stereocenters. The van der Waals surface area contributed by atoms with E-state index >= 15 is 8.78 Å². The molecule has 11 nitrogen and oxygen atoms in total. The molecule has 3 heterocycles. The number of carbonyl (C=O) groups excluding carboxylic acids is 2. The number of nitrogens with zero attached hydrogens (tertiary/aromatic N) is 1.